The van der Waals surface area contributed by atoms with Crippen molar-refractivity contribution in [2.45, 2.75) is 44.9 Å². The summed E-state index contributed by atoms with van der Waals surface area (Å²) in [6, 6.07) is 8.60. The van der Waals surface area contributed by atoms with Gasteiger partial charge < -0.3 is 10.1 Å². The minimum atomic E-state index is -4.54. The Morgan fingerprint density at radius 1 is 1.18 bits per heavy atom. The fourth-order valence-corrected chi connectivity index (χ4v) is 4.34. The average Bonchev–Trinajstić information content (AvgIpc) is 3.60. The Kier molecular flexibility index (Phi) is 7.19. The topological polar surface area (TPSA) is 94.8 Å². The highest BCUT2D eigenvalue weighted by atomic mass is 19.4. The first kappa shape index (κ1) is 25.5. The van der Waals surface area contributed by atoms with E-state index < -0.39 is 17.6 Å². The molecule has 3 aromatic heterocycles. The van der Waals surface area contributed by atoms with Crippen molar-refractivity contribution in [1.82, 2.24) is 25.0 Å². The van der Waals surface area contributed by atoms with E-state index in [0.717, 1.165) is 67.3 Å². The van der Waals surface area contributed by atoms with Crippen molar-refractivity contribution in [3.05, 3.63) is 83.4 Å². The van der Waals surface area contributed by atoms with Gasteiger partial charge in [0.05, 0.1) is 23.6 Å². The number of nitrogens with zero attached hydrogens (tertiary/aromatic N) is 5. The molecule has 0 aliphatic carbocycles. The molecule has 4 heterocycles. The van der Waals surface area contributed by atoms with E-state index in [4.69, 9.17) is 4.74 Å². The van der Waals surface area contributed by atoms with Crippen molar-refractivity contribution in [2.24, 2.45) is 0 Å². The summed E-state index contributed by atoms with van der Waals surface area (Å²) in [6.07, 6.45) is 6.09. The number of hydrogen-bond acceptors (Lipinski definition) is 6. The molecule has 1 aliphatic rings. The molecule has 1 fully saturated rings. The Labute approximate surface area is 216 Å². The number of hydrogen-bond donors (Lipinski definition) is 1. The highest BCUT2D eigenvalue weighted by Crippen LogP contribution is 2.30. The monoisotopic (exact) mass is 522 g/mol. The van der Waals surface area contributed by atoms with E-state index in [-0.39, 0.29) is 11.4 Å². The van der Waals surface area contributed by atoms with E-state index in [1.165, 1.54) is 0 Å². The van der Waals surface area contributed by atoms with E-state index in [0.29, 0.717) is 17.5 Å². The molecule has 0 saturated carbocycles. The molecule has 0 radical (unpaired) electrons. The standard InChI is InChI=1S/C27H25F3N6O2/c1-17-4-6-19(26(37)33-25-13-21(8-9-32-25)27(28,29)30)12-24(17)36-16-23(34-35-36)20-11-18(14-31-15-20)5-7-22-3-2-10-38-22/h4,6,8-9,11-16,22H,2-3,5,7,10H2,1H3,(H,32,33,37). The number of aromatic nitrogens is 5. The van der Waals surface area contributed by atoms with Crippen LogP contribution in [0.1, 0.15) is 46.3 Å². The van der Waals surface area contributed by atoms with Gasteiger partial charge in [0, 0.05) is 36.3 Å². The lowest BCUT2D eigenvalue weighted by molar-refractivity contribution is -0.137. The van der Waals surface area contributed by atoms with Gasteiger partial charge in [-0.25, -0.2) is 9.67 Å². The van der Waals surface area contributed by atoms with E-state index in [1.807, 2.05) is 19.2 Å². The predicted octanol–water partition coefficient (Wildman–Crippen LogP) is 5.42. The van der Waals surface area contributed by atoms with Gasteiger partial charge in [-0.05, 0) is 74.1 Å². The minimum Gasteiger partial charge on any atom is -0.378 e. The number of anilines is 1. The maximum absolute atomic E-state index is 13.0. The van der Waals surface area contributed by atoms with E-state index in [1.54, 1.807) is 35.3 Å². The van der Waals surface area contributed by atoms with Crippen molar-refractivity contribution in [1.29, 1.82) is 0 Å². The maximum atomic E-state index is 13.0. The summed E-state index contributed by atoms with van der Waals surface area (Å²) in [5.41, 5.74) is 3.31. The Hall–Kier alpha value is -4.12. The number of carbonyl (C=O) groups is 1. The zero-order chi connectivity index (χ0) is 26.7. The molecule has 1 amide bonds. The van der Waals surface area contributed by atoms with Crippen LogP contribution in [0.15, 0.2) is 61.2 Å². The Morgan fingerprint density at radius 3 is 2.84 bits per heavy atom. The summed E-state index contributed by atoms with van der Waals surface area (Å²) in [6.45, 7) is 2.69. The molecule has 1 saturated heterocycles. The fraction of sp³-hybridized carbons (Fsp3) is 0.296. The molecule has 4 aromatic rings. The van der Waals surface area contributed by atoms with Crippen molar-refractivity contribution < 1.29 is 22.7 Å². The number of carbonyl (C=O) groups excluding carboxylic acids is 1. The number of aryl methyl sites for hydroxylation is 2. The average molecular weight is 523 g/mol. The van der Waals surface area contributed by atoms with Gasteiger partial charge >= 0.3 is 6.18 Å². The predicted molar refractivity (Wildman–Crippen MR) is 134 cm³/mol. The molecule has 1 unspecified atom stereocenters. The van der Waals surface area contributed by atoms with Crippen LogP contribution in [0.4, 0.5) is 19.0 Å². The van der Waals surface area contributed by atoms with Crippen LogP contribution >= 0.6 is 0 Å². The number of nitrogens with one attached hydrogen (secondary N) is 1. The van der Waals surface area contributed by atoms with Crippen LogP contribution in [-0.2, 0) is 17.3 Å². The third kappa shape index (κ3) is 5.88. The van der Waals surface area contributed by atoms with Crippen molar-refractivity contribution in [3.63, 3.8) is 0 Å². The second kappa shape index (κ2) is 10.7. The summed E-state index contributed by atoms with van der Waals surface area (Å²) >= 11 is 0. The highest BCUT2D eigenvalue weighted by Gasteiger charge is 2.31. The molecule has 1 N–H and O–H groups in total. The van der Waals surface area contributed by atoms with E-state index in [2.05, 4.69) is 25.6 Å². The molecule has 1 atom stereocenters. The lowest BCUT2D eigenvalue weighted by Gasteiger charge is -2.11. The van der Waals surface area contributed by atoms with Crippen LogP contribution in [0.25, 0.3) is 16.9 Å². The Morgan fingerprint density at radius 2 is 2.05 bits per heavy atom. The first-order valence-corrected chi connectivity index (χ1v) is 12.2. The van der Waals surface area contributed by atoms with Crippen LogP contribution in [0.2, 0.25) is 0 Å². The number of amides is 1. The maximum Gasteiger partial charge on any atom is 0.416 e. The largest absolute Gasteiger partial charge is 0.416 e. The van der Waals surface area contributed by atoms with Gasteiger partial charge in [0.2, 0.25) is 0 Å². The summed E-state index contributed by atoms with van der Waals surface area (Å²) < 4.78 is 46.3. The summed E-state index contributed by atoms with van der Waals surface area (Å²) in [4.78, 5) is 21.0. The Bertz CT molecular complexity index is 1450. The number of alkyl halides is 3. The molecule has 0 bridgehead atoms. The number of benzene rings is 1. The second-order valence-electron chi connectivity index (χ2n) is 9.19. The van der Waals surface area contributed by atoms with Crippen LogP contribution in [-0.4, -0.2) is 43.6 Å². The van der Waals surface area contributed by atoms with Crippen LogP contribution in [0, 0.1) is 6.92 Å². The number of rotatable bonds is 7. The second-order valence-corrected chi connectivity index (χ2v) is 9.19. The van der Waals surface area contributed by atoms with Gasteiger partial charge in [0.1, 0.15) is 11.5 Å². The van der Waals surface area contributed by atoms with Crippen LogP contribution in [0.5, 0.6) is 0 Å². The summed E-state index contributed by atoms with van der Waals surface area (Å²) in [5.74, 6) is -0.788. The zero-order valence-electron chi connectivity index (χ0n) is 20.6. The molecule has 38 heavy (non-hydrogen) atoms. The molecule has 0 spiro atoms. The van der Waals surface area contributed by atoms with Crippen LogP contribution < -0.4 is 5.32 Å². The first-order valence-electron chi connectivity index (χ1n) is 12.2. The van der Waals surface area contributed by atoms with Crippen molar-refractivity contribution in [3.8, 4) is 16.9 Å². The quantitative estimate of drug-likeness (QED) is 0.349. The van der Waals surface area contributed by atoms with Gasteiger partial charge in [0.25, 0.3) is 5.91 Å². The molecule has 1 aromatic carbocycles. The SMILES string of the molecule is Cc1ccc(C(=O)Nc2cc(C(F)(F)F)ccn2)cc1-n1cc(-c2cncc(CCC3CCCO3)c2)nn1. The molecular formula is C27H25F3N6O2. The third-order valence-corrected chi connectivity index (χ3v) is 6.41. The van der Waals surface area contributed by atoms with E-state index >= 15 is 0 Å². The number of halogens is 3. The Balaban J connectivity index is 1.33. The summed E-state index contributed by atoms with van der Waals surface area (Å²) in [7, 11) is 0. The van der Waals surface area contributed by atoms with Gasteiger partial charge in [-0.3, -0.25) is 9.78 Å². The molecule has 8 nitrogen and oxygen atoms in total. The summed E-state index contributed by atoms with van der Waals surface area (Å²) in [5, 5.41) is 10.9. The molecule has 196 valence electrons. The van der Waals surface area contributed by atoms with Crippen LogP contribution in [0.3, 0.4) is 0 Å². The van der Waals surface area contributed by atoms with Crippen molar-refractivity contribution in [2.75, 3.05) is 11.9 Å². The lowest BCUT2D eigenvalue weighted by Crippen LogP contribution is -2.15. The molecule has 5 rings (SSSR count). The highest BCUT2D eigenvalue weighted by molar-refractivity contribution is 6.04. The minimum absolute atomic E-state index is 0.193. The lowest BCUT2D eigenvalue weighted by atomic mass is 10.0. The van der Waals surface area contributed by atoms with Gasteiger partial charge in [-0.1, -0.05) is 11.3 Å². The van der Waals surface area contributed by atoms with Gasteiger partial charge in [-0.15, -0.1) is 5.10 Å². The normalized spacial score (nSPS) is 15.5. The number of ether oxygens (including phenoxy) is 1. The molecule has 1 aliphatic heterocycles. The van der Waals surface area contributed by atoms with Gasteiger partial charge in [0.15, 0.2) is 0 Å². The first-order chi connectivity index (χ1) is 18.3. The molecule has 11 heteroatoms. The van der Waals surface area contributed by atoms with E-state index in [9.17, 15) is 18.0 Å². The molecular weight excluding hydrogens is 497 g/mol. The van der Waals surface area contributed by atoms with Crippen molar-refractivity contribution >= 4 is 11.7 Å². The fourth-order valence-electron chi connectivity index (χ4n) is 4.34. The zero-order valence-corrected chi connectivity index (χ0v) is 20.6. The number of pyridine rings is 2. The van der Waals surface area contributed by atoms with Gasteiger partial charge in [-0.2, -0.15) is 13.2 Å². The third-order valence-electron chi connectivity index (χ3n) is 6.41. The smallest absolute Gasteiger partial charge is 0.378 e.